The highest BCUT2D eigenvalue weighted by Crippen LogP contribution is 2.33. The van der Waals surface area contributed by atoms with Crippen LogP contribution in [0.5, 0.6) is 0 Å². The average molecular weight is 404 g/mol. The van der Waals surface area contributed by atoms with E-state index in [1.54, 1.807) is 0 Å². The largest absolute Gasteiger partial charge is 0.392 e. The number of likely N-dealkylation sites (tertiary alicyclic amines) is 1. The molecule has 0 saturated carbocycles. The Hall–Kier alpha value is -2.54. The van der Waals surface area contributed by atoms with Crippen molar-refractivity contribution in [2.24, 2.45) is 0 Å². The number of fused-ring (bicyclic) bond motifs is 1. The van der Waals surface area contributed by atoms with Crippen LogP contribution in [-0.2, 0) is 26.2 Å². The van der Waals surface area contributed by atoms with Crippen molar-refractivity contribution < 1.29 is 5.11 Å². The van der Waals surface area contributed by atoms with Gasteiger partial charge >= 0.3 is 0 Å². The van der Waals surface area contributed by atoms with Crippen molar-refractivity contribution in [3.63, 3.8) is 0 Å². The molecule has 2 aliphatic rings. The monoisotopic (exact) mass is 403 g/mol. The average Bonchev–Trinajstić information content (AvgIpc) is 3.31. The second-order valence-corrected chi connectivity index (χ2v) is 8.65. The first-order chi connectivity index (χ1) is 14.7. The smallest absolute Gasteiger partial charge is 0.150 e. The molecule has 0 unspecified atom stereocenters. The van der Waals surface area contributed by atoms with Gasteiger partial charge in [-0.25, -0.2) is 0 Å². The highest BCUT2D eigenvalue weighted by atomic mass is 16.3. The van der Waals surface area contributed by atoms with Crippen LogP contribution in [-0.4, -0.2) is 48.9 Å². The standard InChI is InChI=1S/C24H29N5O/c1-18-6-5-9-20(12-18)14-27-10-11-29-23(17-27)25-26-24(29)22-13-21(30)16-28(22)15-19-7-3-2-4-8-19/h2-9,12,21-22,30H,10-11,13-17H2,1H3/t21-,22+/m1/s1. The molecule has 30 heavy (non-hydrogen) atoms. The van der Waals surface area contributed by atoms with E-state index >= 15 is 0 Å². The van der Waals surface area contributed by atoms with Gasteiger partial charge in [0.15, 0.2) is 5.82 Å². The molecule has 0 aliphatic carbocycles. The molecule has 3 aromatic rings. The Morgan fingerprint density at radius 1 is 0.967 bits per heavy atom. The van der Waals surface area contributed by atoms with Gasteiger partial charge in [0.05, 0.1) is 18.7 Å². The first-order valence-corrected chi connectivity index (χ1v) is 10.8. The Kier molecular flexibility index (Phi) is 5.37. The minimum atomic E-state index is -0.312. The van der Waals surface area contributed by atoms with Crippen molar-refractivity contribution in [3.05, 3.63) is 82.9 Å². The van der Waals surface area contributed by atoms with Gasteiger partial charge in [-0.2, -0.15) is 0 Å². The van der Waals surface area contributed by atoms with Crippen LogP contribution in [0.25, 0.3) is 0 Å². The van der Waals surface area contributed by atoms with E-state index in [2.05, 4.69) is 80.0 Å². The van der Waals surface area contributed by atoms with Crippen LogP contribution in [0.2, 0.25) is 0 Å². The first-order valence-electron chi connectivity index (χ1n) is 10.8. The quantitative estimate of drug-likeness (QED) is 0.710. The fourth-order valence-electron chi connectivity index (χ4n) is 4.82. The lowest BCUT2D eigenvalue weighted by atomic mass is 10.1. The van der Waals surface area contributed by atoms with Gasteiger partial charge in [0.2, 0.25) is 0 Å². The molecule has 6 heteroatoms. The Bertz CT molecular complexity index is 1000. The third-order valence-corrected chi connectivity index (χ3v) is 6.26. The highest BCUT2D eigenvalue weighted by molar-refractivity contribution is 5.22. The number of aliphatic hydroxyl groups excluding tert-OH is 1. The molecule has 156 valence electrons. The highest BCUT2D eigenvalue weighted by Gasteiger charge is 2.36. The summed E-state index contributed by atoms with van der Waals surface area (Å²) in [5, 5.41) is 19.5. The van der Waals surface area contributed by atoms with Gasteiger partial charge in [-0.05, 0) is 24.5 Å². The van der Waals surface area contributed by atoms with Crippen LogP contribution >= 0.6 is 0 Å². The summed E-state index contributed by atoms with van der Waals surface area (Å²) >= 11 is 0. The van der Waals surface area contributed by atoms with Crippen molar-refractivity contribution in [1.29, 1.82) is 0 Å². The van der Waals surface area contributed by atoms with Gasteiger partial charge in [0.1, 0.15) is 5.82 Å². The van der Waals surface area contributed by atoms with Crippen LogP contribution in [0.15, 0.2) is 54.6 Å². The minimum Gasteiger partial charge on any atom is -0.392 e. The normalized spacial score (nSPS) is 22.3. The minimum absolute atomic E-state index is 0.116. The fourth-order valence-corrected chi connectivity index (χ4v) is 4.82. The summed E-state index contributed by atoms with van der Waals surface area (Å²) in [4.78, 5) is 4.78. The zero-order chi connectivity index (χ0) is 20.5. The van der Waals surface area contributed by atoms with Gasteiger partial charge in [-0.1, -0.05) is 60.2 Å². The van der Waals surface area contributed by atoms with E-state index < -0.39 is 0 Å². The molecule has 2 aromatic carbocycles. The summed E-state index contributed by atoms with van der Waals surface area (Å²) < 4.78 is 2.29. The number of nitrogens with zero attached hydrogens (tertiary/aromatic N) is 5. The Morgan fingerprint density at radius 3 is 2.63 bits per heavy atom. The molecule has 1 N–H and O–H groups in total. The zero-order valence-corrected chi connectivity index (χ0v) is 17.5. The molecule has 1 aromatic heterocycles. The van der Waals surface area contributed by atoms with E-state index in [0.717, 1.165) is 50.8 Å². The van der Waals surface area contributed by atoms with E-state index in [1.807, 2.05) is 6.07 Å². The molecule has 0 radical (unpaired) electrons. The third kappa shape index (κ3) is 4.03. The van der Waals surface area contributed by atoms with Crippen molar-refractivity contribution in [3.8, 4) is 0 Å². The van der Waals surface area contributed by atoms with E-state index in [4.69, 9.17) is 0 Å². The molecule has 0 bridgehead atoms. The van der Waals surface area contributed by atoms with E-state index in [-0.39, 0.29) is 12.1 Å². The molecule has 2 atom stereocenters. The molecule has 0 amide bonds. The maximum Gasteiger partial charge on any atom is 0.150 e. The van der Waals surface area contributed by atoms with Crippen LogP contribution < -0.4 is 0 Å². The van der Waals surface area contributed by atoms with Crippen molar-refractivity contribution in [1.82, 2.24) is 24.6 Å². The van der Waals surface area contributed by atoms with Gasteiger partial charge in [-0.15, -0.1) is 10.2 Å². The number of aromatic nitrogens is 3. The number of aryl methyl sites for hydroxylation is 1. The zero-order valence-electron chi connectivity index (χ0n) is 17.5. The SMILES string of the molecule is Cc1cccc(CN2CCn3c(nnc3[C@@H]3C[C@@H](O)CN3Cc3ccccc3)C2)c1. The molecule has 5 rings (SSSR count). The summed E-state index contributed by atoms with van der Waals surface area (Å²) in [7, 11) is 0. The maximum atomic E-state index is 10.4. The number of aliphatic hydroxyl groups is 1. The summed E-state index contributed by atoms with van der Waals surface area (Å²) in [6, 6.07) is 19.3. The van der Waals surface area contributed by atoms with Gasteiger partial charge in [-0.3, -0.25) is 9.80 Å². The molecule has 6 nitrogen and oxygen atoms in total. The fraction of sp³-hybridized carbons (Fsp3) is 0.417. The lowest BCUT2D eigenvalue weighted by molar-refractivity contribution is 0.171. The summed E-state index contributed by atoms with van der Waals surface area (Å²) in [6.45, 7) is 7.28. The molecule has 0 spiro atoms. The van der Waals surface area contributed by atoms with Gasteiger partial charge < -0.3 is 9.67 Å². The molecule has 1 fully saturated rings. The second kappa shape index (κ2) is 8.30. The number of hydrogen-bond donors (Lipinski definition) is 1. The number of benzene rings is 2. The Morgan fingerprint density at radius 2 is 1.80 bits per heavy atom. The second-order valence-electron chi connectivity index (χ2n) is 8.65. The molecule has 1 saturated heterocycles. The van der Waals surface area contributed by atoms with E-state index in [1.165, 1.54) is 16.7 Å². The molecule has 2 aliphatic heterocycles. The molecule has 3 heterocycles. The van der Waals surface area contributed by atoms with Gasteiger partial charge in [0, 0.05) is 32.7 Å². The van der Waals surface area contributed by atoms with E-state index in [0.29, 0.717) is 6.54 Å². The predicted octanol–water partition coefficient (Wildman–Crippen LogP) is 2.91. The third-order valence-electron chi connectivity index (χ3n) is 6.26. The molecular formula is C24H29N5O. The number of rotatable bonds is 5. The predicted molar refractivity (Wildman–Crippen MR) is 116 cm³/mol. The van der Waals surface area contributed by atoms with Crippen LogP contribution in [0, 0.1) is 6.92 Å². The van der Waals surface area contributed by atoms with Gasteiger partial charge in [0.25, 0.3) is 0 Å². The van der Waals surface area contributed by atoms with Crippen LogP contribution in [0.1, 0.15) is 40.8 Å². The van der Waals surface area contributed by atoms with Crippen LogP contribution in [0.4, 0.5) is 0 Å². The maximum absolute atomic E-state index is 10.4. The topological polar surface area (TPSA) is 57.4 Å². The summed E-state index contributed by atoms with van der Waals surface area (Å²) in [6.07, 6.45) is 0.408. The first kappa shape index (κ1) is 19.4. The lowest BCUT2D eigenvalue weighted by Crippen LogP contribution is -2.35. The van der Waals surface area contributed by atoms with Crippen LogP contribution in [0.3, 0.4) is 0 Å². The van der Waals surface area contributed by atoms with E-state index in [9.17, 15) is 5.11 Å². The number of β-amino-alcohol motifs (C(OH)–C–C–N with tert-alkyl or cyclic N) is 1. The van der Waals surface area contributed by atoms with Crippen molar-refractivity contribution >= 4 is 0 Å². The molecular weight excluding hydrogens is 374 g/mol. The Balaban J connectivity index is 1.32. The van der Waals surface area contributed by atoms with Crippen molar-refractivity contribution in [2.45, 2.75) is 51.7 Å². The summed E-state index contributed by atoms with van der Waals surface area (Å²) in [5.74, 6) is 2.04. The van der Waals surface area contributed by atoms with Crippen molar-refractivity contribution in [2.75, 3.05) is 13.1 Å². The number of hydrogen-bond acceptors (Lipinski definition) is 5. The lowest BCUT2D eigenvalue weighted by Gasteiger charge is -2.30. The Labute approximate surface area is 177 Å². The summed E-state index contributed by atoms with van der Waals surface area (Å²) in [5.41, 5.74) is 3.91.